The van der Waals surface area contributed by atoms with Crippen LogP contribution in [0, 0.1) is 0 Å². The first-order chi connectivity index (χ1) is 13.0. The van der Waals surface area contributed by atoms with E-state index in [-0.39, 0.29) is 18.2 Å². The highest BCUT2D eigenvalue weighted by molar-refractivity contribution is 7.17. The molecule has 0 spiro atoms. The molecule has 140 valence electrons. The highest BCUT2D eigenvalue weighted by Crippen LogP contribution is 2.31. The first-order valence-corrected chi connectivity index (χ1v) is 9.95. The normalized spacial score (nSPS) is 10.4. The van der Waals surface area contributed by atoms with Gasteiger partial charge in [0.15, 0.2) is 5.13 Å². The van der Waals surface area contributed by atoms with Gasteiger partial charge >= 0.3 is 0 Å². The van der Waals surface area contributed by atoms with Gasteiger partial charge in [0, 0.05) is 22.7 Å². The molecule has 6 nitrogen and oxygen atoms in total. The molecule has 0 aliphatic heterocycles. The second-order valence-corrected chi connectivity index (χ2v) is 7.78. The highest BCUT2D eigenvalue weighted by atomic mass is 32.1. The predicted octanol–water partition coefficient (Wildman–Crippen LogP) is 3.70. The number of nitrogens with zero attached hydrogens (tertiary/aromatic N) is 1. The minimum absolute atomic E-state index is 0.0568. The Hall–Kier alpha value is -2.71. The molecule has 3 aromatic rings. The maximum absolute atomic E-state index is 12.3. The number of benzene rings is 1. The molecule has 0 unspecified atom stereocenters. The topological polar surface area (TPSA) is 80.3 Å². The maximum atomic E-state index is 12.3. The van der Waals surface area contributed by atoms with Crippen molar-refractivity contribution < 1.29 is 14.3 Å². The lowest BCUT2D eigenvalue weighted by molar-refractivity contribution is -0.119. The predicted molar refractivity (Wildman–Crippen MR) is 108 cm³/mol. The average Bonchev–Trinajstić information content (AvgIpc) is 3.29. The van der Waals surface area contributed by atoms with Crippen LogP contribution >= 0.6 is 22.7 Å². The van der Waals surface area contributed by atoms with Crippen LogP contribution in [0.4, 0.5) is 5.13 Å². The third-order valence-corrected chi connectivity index (χ3v) is 5.59. The number of amides is 2. The minimum Gasteiger partial charge on any atom is -0.496 e. The van der Waals surface area contributed by atoms with Gasteiger partial charge in [0.05, 0.1) is 30.6 Å². The Balaban J connectivity index is 1.62. The molecule has 2 heterocycles. The van der Waals surface area contributed by atoms with Crippen molar-refractivity contribution in [2.75, 3.05) is 12.4 Å². The summed E-state index contributed by atoms with van der Waals surface area (Å²) in [6.07, 6.45) is 0.221. The number of ether oxygens (including phenoxy) is 1. The van der Waals surface area contributed by atoms with E-state index in [1.165, 1.54) is 18.3 Å². The van der Waals surface area contributed by atoms with E-state index in [4.69, 9.17) is 4.74 Å². The number of rotatable bonds is 7. The number of thiophene rings is 1. The van der Waals surface area contributed by atoms with Crippen LogP contribution in [0.25, 0.3) is 10.6 Å². The summed E-state index contributed by atoms with van der Waals surface area (Å²) in [6, 6.07) is 11.4. The fraction of sp³-hybridized carbons (Fsp3) is 0.211. The first kappa shape index (κ1) is 19.1. The van der Waals surface area contributed by atoms with Crippen LogP contribution in [-0.2, 0) is 22.6 Å². The fourth-order valence-electron chi connectivity index (χ4n) is 2.45. The van der Waals surface area contributed by atoms with E-state index in [2.05, 4.69) is 15.6 Å². The molecule has 0 atom stereocenters. The van der Waals surface area contributed by atoms with Crippen molar-refractivity contribution in [1.82, 2.24) is 10.3 Å². The SMILES string of the molecule is COc1ccccc1CC(=O)Nc1nc(-c2ccc(CNC(C)=O)s2)cs1. The molecule has 0 saturated heterocycles. The molecule has 1 aromatic carbocycles. The second kappa shape index (κ2) is 8.79. The molecule has 2 amide bonds. The van der Waals surface area contributed by atoms with E-state index in [1.54, 1.807) is 18.4 Å². The summed E-state index contributed by atoms with van der Waals surface area (Å²) >= 11 is 2.95. The molecule has 27 heavy (non-hydrogen) atoms. The Labute approximate surface area is 165 Å². The number of carbonyl (C=O) groups is 2. The van der Waals surface area contributed by atoms with Crippen molar-refractivity contribution in [3.05, 3.63) is 52.2 Å². The van der Waals surface area contributed by atoms with Gasteiger partial charge in [-0.1, -0.05) is 18.2 Å². The Morgan fingerprint density at radius 1 is 1.19 bits per heavy atom. The number of thiazole rings is 1. The number of hydrogen-bond acceptors (Lipinski definition) is 6. The van der Waals surface area contributed by atoms with Crippen molar-refractivity contribution >= 4 is 39.6 Å². The molecule has 0 bridgehead atoms. The summed E-state index contributed by atoms with van der Waals surface area (Å²) in [5.41, 5.74) is 1.64. The number of para-hydroxylation sites is 1. The van der Waals surface area contributed by atoms with Gasteiger partial charge in [0.2, 0.25) is 11.8 Å². The van der Waals surface area contributed by atoms with Gasteiger partial charge < -0.3 is 15.4 Å². The standard InChI is InChI=1S/C19H19N3O3S2/c1-12(23)20-10-14-7-8-17(27-14)15-11-26-19(21-15)22-18(24)9-13-5-3-4-6-16(13)25-2/h3-8,11H,9-10H2,1-2H3,(H,20,23)(H,21,22,24). The Morgan fingerprint density at radius 3 is 2.78 bits per heavy atom. The summed E-state index contributed by atoms with van der Waals surface area (Å²) in [6.45, 7) is 2.00. The monoisotopic (exact) mass is 401 g/mol. The van der Waals surface area contributed by atoms with Gasteiger partial charge in [-0.25, -0.2) is 4.98 Å². The van der Waals surface area contributed by atoms with Crippen LogP contribution in [0.3, 0.4) is 0 Å². The minimum atomic E-state index is -0.141. The largest absolute Gasteiger partial charge is 0.496 e. The molecule has 0 radical (unpaired) electrons. The fourth-order valence-corrected chi connectivity index (χ4v) is 4.16. The van der Waals surface area contributed by atoms with E-state index in [0.29, 0.717) is 17.4 Å². The zero-order valence-corrected chi connectivity index (χ0v) is 16.6. The van der Waals surface area contributed by atoms with Crippen molar-refractivity contribution in [2.45, 2.75) is 19.9 Å². The van der Waals surface area contributed by atoms with Gasteiger partial charge in [0.25, 0.3) is 0 Å². The van der Waals surface area contributed by atoms with Crippen molar-refractivity contribution in [3.63, 3.8) is 0 Å². The summed E-state index contributed by atoms with van der Waals surface area (Å²) in [4.78, 5) is 29.9. The third-order valence-electron chi connectivity index (χ3n) is 3.72. The summed E-state index contributed by atoms with van der Waals surface area (Å²) in [5, 5.41) is 8.08. The van der Waals surface area contributed by atoms with Crippen molar-refractivity contribution in [2.24, 2.45) is 0 Å². The van der Waals surface area contributed by atoms with Gasteiger partial charge in [-0.15, -0.1) is 22.7 Å². The van der Waals surface area contributed by atoms with E-state index in [0.717, 1.165) is 21.0 Å². The number of hydrogen-bond donors (Lipinski definition) is 2. The Morgan fingerprint density at radius 2 is 2.00 bits per heavy atom. The lowest BCUT2D eigenvalue weighted by Crippen LogP contribution is -2.17. The van der Waals surface area contributed by atoms with E-state index in [9.17, 15) is 9.59 Å². The molecule has 0 fully saturated rings. The third kappa shape index (κ3) is 5.15. The lowest BCUT2D eigenvalue weighted by Gasteiger charge is -2.07. The Kier molecular flexibility index (Phi) is 6.20. The van der Waals surface area contributed by atoms with Crippen LogP contribution < -0.4 is 15.4 Å². The van der Waals surface area contributed by atoms with Crippen molar-refractivity contribution in [3.8, 4) is 16.3 Å². The first-order valence-electron chi connectivity index (χ1n) is 8.26. The molecule has 0 aliphatic rings. The Bertz CT molecular complexity index is 949. The van der Waals surface area contributed by atoms with Gasteiger partial charge in [-0.2, -0.15) is 0 Å². The van der Waals surface area contributed by atoms with Crippen LogP contribution in [0.2, 0.25) is 0 Å². The smallest absolute Gasteiger partial charge is 0.230 e. The zero-order valence-electron chi connectivity index (χ0n) is 14.9. The number of aromatic nitrogens is 1. The molecule has 0 saturated carbocycles. The number of carbonyl (C=O) groups excluding carboxylic acids is 2. The summed E-state index contributed by atoms with van der Waals surface area (Å²) in [5.74, 6) is 0.495. The maximum Gasteiger partial charge on any atom is 0.230 e. The molecule has 3 rings (SSSR count). The van der Waals surface area contributed by atoms with Crippen LogP contribution in [0.15, 0.2) is 41.8 Å². The number of anilines is 1. The van der Waals surface area contributed by atoms with Crippen LogP contribution in [-0.4, -0.2) is 23.9 Å². The summed E-state index contributed by atoms with van der Waals surface area (Å²) < 4.78 is 5.28. The number of methoxy groups -OCH3 is 1. The van der Waals surface area contributed by atoms with Gasteiger partial charge in [-0.05, 0) is 18.2 Å². The second-order valence-electron chi connectivity index (χ2n) is 5.75. The van der Waals surface area contributed by atoms with E-state index >= 15 is 0 Å². The molecule has 2 N–H and O–H groups in total. The summed E-state index contributed by atoms with van der Waals surface area (Å²) in [7, 11) is 1.59. The average molecular weight is 402 g/mol. The lowest BCUT2D eigenvalue weighted by atomic mass is 10.1. The van der Waals surface area contributed by atoms with Gasteiger partial charge in [-0.3, -0.25) is 9.59 Å². The van der Waals surface area contributed by atoms with Crippen LogP contribution in [0.1, 0.15) is 17.4 Å². The zero-order chi connectivity index (χ0) is 19.2. The molecule has 8 heteroatoms. The number of nitrogens with one attached hydrogen (secondary N) is 2. The molecule has 2 aromatic heterocycles. The van der Waals surface area contributed by atoms with Crippen LogP contribution in [0.5, 0.6) is 5.75 Å². The van der Waals surface area contributed by atoms with E-state index < -0.39 is 0 Å². The quantitative estimate of drug-likeness (QED) is 0.633. The van der Waals surface area contributed by atoms with Crippen molar-refractivity contribution in [1.29, 1.82) is 0 Å². The molecular weight excluding hydrogens is 382 g/mol. The molecular formula is C19H19N3O3S2. The van der Waals surface area contributed by atoms with E-state index in [1.807, 2.05) is 41.8 Å². The highest BCUT2D eigenvalue weighted by Gasteiger charge is 2.12. The molecule has 0 aliphatic carbocycles. The van der Waals surface area contributed by atoms with Gasteiger partial charge in [0.1, 0.15) is 5.75 Å².